The van der Waals surface area contributed by atoms with Gasteiger partial charge in [0, 0.05) is 12.4 Å². The Morgan fingerprint density at radius 1 is 1.43 bits per heavy atom. The largest absolute Gasteiger partial charge is 0.463 e. The van der Waals surface area contributed by atoms with Crippen molar-refractivity contribution in [1.82, 2.24) is 5.32 Å². The van der Waals surface area contributed by atoms with Crippen LogP contribution in [-0.2, 0) is 0 Å². The van der Waals surface area contributed by atoms with Crippen LogP contribution in [0.2, 0.25) is 0 Å². The van der Waals surface area contributed by atoms with Crippen molar-refractivity contribution in [3.63, 3.8) is 0 Å². The van der Waals surface area contributed by atoms with Crippen LogP contribution in [0.4, 0.5) is 0 Å². The van der Waals surface area contributed by atoms with E-state index >= 15 is 0 Å². The van der Waals surface area contributed by atoms with Gasteiger partial charge in [-0.2, -0.15) is 0 Å². The van der Waals surface area contributed by atoms with Crippen molar-refractivity contribution in [1.29, 1.82) is 0 Å². The van der Waals surface area contributed by atoms with Crippen LogP contribution in [0.1, 0.15) is 15.9 Å². The van der Waals surface area contributed by atoms with E-state index in [9.17, 15) is 4.79 Å². The molecule has 1 heterocycles. The molecular weight excluding hydrogens is 178 g/mol. The van der Waals surface area contributed by atoms with Gasteiger partial charge in [0.15, 0.2) is 0 Å². The van der Waals surface area contributed by atoms with E-state index in [0.717, 1.165) is 16.5 Å². The molecule has 72 valence electrons. The summed E-state index contributed by atoms with van der Waals surface area (Å²) in [7, 11) is 1.61. The number of rotatable bonds is 1. The lowest BCUT2D eigenvalue weighted by Gasteiger charge is -1.96. The van der Waals surface area contributed by atoms with Gasteiger partial charge in [0.1, 0.15) is 11.8 Å². The first-order valence-corrected chi connectivity index (χ1v) is 4.42. The van der Waals surface area contributed by atoms with Crippen molar-refractivity contribution >= 4 is 16.9 Å². The zero-order valence-electron chi connectivity index (χ0n) is 8.13. The van der Waals surface area contributed by atoms with Crippen LogP contribution in [0.5, 0.6) is 0 Å². The van der Waals surface area contributed by atoms with E-state index in [2.05, 4.69) is 5.32 Å². The third-order valence-electron chi connectivity index (χ3n) is 2.20. The average Bonchev–Trinajstić information content (AvgIpc) is 2.59. The lowest BCUT2D eigenvalue weighted by Crippen LogP contribution is -2.17. The van der Waals surface area contributed by atoms with Gasteiger partial charge in [0.05, 0.1) is 5.56 Å². The first-order valence-electron chi connectivity index (χ1n) is 4.42. The van der Waals surface area contributed by atoms with Gasteiger partial charge in [-0.05, 0) is 19.1 Å². The predicted molar refractivity (Wildman–Crippen MR) is 54.3 cm³/mol. The van der Waals surface area contributed by atoms with E-state index in [1.807, 2.05) is 25.1 Å². The molecule has 0 saturated carbocycles. The lowest BCUT2D eigenvalue weighted by atomic mass is 10.1. The second kappa shape index (κ2) is 3.18. The normalized spacial score (nSPS) is 10.4. The number of carbonyl (C=O) groups excluding carboxylic acids is 1. The SMILES string of the molecule is CNC(=O)c1coc2ccc(C)cc12. The van der Waals surface area contributed by atoms with Crippen LogP contribution in [0.25, 0.3) is 11.0 Å². The molecule has 0 aliphatic rings. The molecule has 0 radical (unpaired) electrons. The maximum Gasteiger partial charge on any atom is 0.254 e. The third-order valence-corrected chi connectivity index (χ3v) is 2.20. The summed E-state index contributed by atoms with van der Waals surface area (Å²) >= 11 is 0. The summed E-state index contributed by atoms with van der Waals surface area (Å²) in [6.45, 7) is 1.99. The van der Waals surface area contributed by atoms with Crippen LogP contribution < -0.4 is 5.32 Å². The van der Waals surface area contributed by atoms with E-state index < -0.39 is 0 Å². The quantitative estimate of drug-likeness (QED) is 0.746. The number of hydrogen-bond donors (Lipinski definition) is 1. The van der Waals surface area contributed by atoms with Gasteiger partial charge in [0.2, 0.25) is 0 Å². The molecule has 0 bridgehead atoms. The van der Waals surface area contributed by atoms with Crippen LogP contribution in [0.3, 0.4) is 0 Å². The lowest BCUT2D eigenvalue weighted by molar-refractivity contribution is 0.0964. The number of furan rings is 1. The van der Waals surface area contributed by atoms with Crippen molar-refractivity contribution in [3.8, 4) is 0 Å². The molecule has 1 aromatic heterocycles. The fraction of sp³-hybridized carbons (Fsp3) is 0.182. The molecule has 3 heteroatoms. The van der Waals surface area contributed by atoms with Crippen LogP contribution in [0, 0.1) is 6.92 Å². The summed E-state index contributed by atoms with van der Waals surface area (Å²) in [6, 6.07) is 5.78. The molecule has 0 fully saturated rings. The Balaban J connectivity index is 2.67. The number of fused-ring (bicyclic) bond motifs is 1. The zero-order valence-corrected chi connectivity index (χ0v) is 8.13. The molecule has 2 aromatic rings. The van der Waals surface area contributed by atoms with Crippen LogP contribution in [-0.4, -0.2) is 13.0 Å². The molecule has 0 atom stereocenters. The van der Waals surface area contributed by atoms with E-state index in [1.165, 1.54) is 6.26 Å². The minimum absolute atomic E-state index is 0.116. The van der Waals surface area contributed by atoms with Crippen molar-refractivity contribution in [2.24, 2.45) is 0 Å². The van der Waals surface area contributed by atoms with Gasteiger partial charge in [-0.1, -0.05) is 11.6 Å². The summed E-state index contributed by atoms with van der Waals surface area (Å²) in [5, 5.41) is 3.45. The summed E-state index contributed by atoms with van der Waals surface area (Å²) in [6.07, 6.45) is 1.49. The molecule has 0 aliphatic heterocycles. The highest BCUT2D eigenvalue weighted by atomic mass is 16.3. The van der Waals surface area contributed by atoms with E-state index in [0.29, 0.717) is 5.56 Å². The first kappa shape index (κ1) is 8.81. The zero-order chi connectivity index (χ0) is 10.1. The monoisotopic (exact) mass is 189 g/mol. The Bertz CT molecular complexity index is 485. The van der Waals surface area contributed by atoms with E-state index in [-0.39, 0.29) is 5.91 Å². The van der Waals surface area contributed by atoms with Crippen molar-refractivity contribution in [2.45, 2.75) is 6.92 Å². The summed E-state index contributed by atoms with van der Waals surface area (Å²) in [4.78, 5) is 11.4. The maximum atomic E-state index is 11.4. The van der Waals surface area contributed by atoms with Crippen LogP contribution >= 0.6 is 0 Å². The van der Waals surface area contributed by atoms with Crippen molar-refractivity contribution in [3.05, 3.63) is 35.6 Å². The van der Waals surface area contributed by atoms with Gasteiger partial charge < -0.3 is 9.73 Å². The molecule has 1 amide bonds. The topological polar surface area (TPSA) is 42.2 Å². The Labute approximate surface area is 81.7 Å². The highest BCUT2D eigenvalue weighted by molar-refractivity contribution is 6.05. The molecule has 0 unspecified atom stereocenters. The Morgan fingerprint density at radius 2 is 2.21 bits per heavy atom. The molecular formula is C11H11NO2. The molecule has 0 aliphatic carbocycles. The fourth-order valence-corrected chi connectivity index (χ4v) is 1.45. The average molecular weight is 189 g/mol. The maximum absolute atomic E-state index is 11.4. The van der Waals surface area contributed by atoms with E-state index in [1.54, 1.807) is 7.05 Å². The van der Waals surface area contributed by atoms with Gasteiger partial charge >= 0.3 is 0 Å². The van der Waals surface area contributed by atoms with Gasteiger partial charge in [-0.15, -0.1) is 0 Å². The van der Waals surface area contributed by atoms with Gasteiger partial charge in [-0.25, -0.2) is 0 Å². The highest BCUT2D eigenvalue weighted by Crippen LogP contribution is 2.21. The van der Waals surface area contributed by atoms with Crippen molar-refractivity contribution in [2.75, 3.05) is 7.05 Å². The molecule has 0 spiro atoms. The summed E-state index contributed by atoms with van der Waals surface area (Å²) < 4.78 is 5.27. The number of amides is 1. The molecule has 2 rings (SSSR count). The molecule has 1 aromatic carbocycles. The minimum atomic E-state index is -0.116. The summed E-state index contributed by atoms with van der Waals surface area (Å²) in [5.74, 6) is -0.116. The van der Waals surface area contributed by atoms with Crippen molar-refractivity contribution < 1.29 is 9.21 Å². The highest BCUT2D eigenvalue weighted by Gasteiger charge is 2.11. The molecule has 0 saturated heterocycles. The fourth-order valence-electron chi connectivity index (χ4n) is 1.45. The predicted octanol–water partition coefficient (Wildman–Crippen LogP) is 2.10. The Kier molecular flexibility index (Phi) is 2.00. The summed E-state index contributed by atoms with van der Waals surface area (Å²) in [5.41, 5.74) is 2.45. The van der Waals surface area contributed by atoms with Gasteiger partial charge in [-0.3, -0.25) is 4.79 Å². The third kappa shape index (κ3) is 1.27. The molecule has 3 nitrogen and oxygen atoms in total. The van der Waals surface area contributed by atoms with E-state index in [4.69, 9.17) is 4.42 Å². The second-order valence-corrected chi connectivity index (χ2v) is 3.23. The van der Waals surface area contributed by atoms with Gasteiger partial charge in [0.25, 0.3) is 5.91 Å². The molecule has 1 N–H and O–H groups in total. The number of carbonyl (C=O) groups is 1. The Morgan fingerprint density at radius 3 is 2.93 bits per heavy atom. The second-order valence-electron chi connectivity index (χ2n) is 3.23. The number of benzene rings is 1. The standard InChI is InChI=1S/C11H11NO2/c1-7-3-4-10-8(5-7)9(6-14-10)11(13)12-2/h3-6H,1-2H3,(H,12,13). The number of hydrogen-bond acceptors (Lipinski definition) is 2. The minimum Gasteiger partial charge on any atom is -0.463 e. The molecule has 14 heavy (non-hydrogen) atoms. The Hall–Kier alpha value is -1.77. The first-order chi connectivity index (χ1) is 6.72. The number of nitrogens with one attached hydrogen (secondary N) is 1. The number of aryl methyl sites for hydroxylation is 1. The van der Waals surface area contributed by atoms with Crippen LogP contribution in [0.15, 0.2) is 28.9 Å². The smallest absolute Gasteiger partial charge is 0.254 e.